The number of ether oxygens (including phenoxy) is 2. The standard InChI is InChI=1S/C25H26N2O4/c1-3-30-18-13-11-17(12-14-18)15-27(2)23(28)16-31-25(29)24-19-7-4-5-9-21(19)26-22-10-6-8-20(22)24/h4-5,7,9,11-14H,3,6,8,10,15-16H2,1-2H3. The van der Waals surface area contributed by atoms with Gasteiger partial charge in [0.15, 0.2) is 6.61 Å². The number of fused-ring (bicyclic) bond motifs is 2. The molecule has 0 saturated heterocycles. The molecule has 1 heterocycles. The third-order valence-electron chi connectivity index (χ3n) is 5.53. The van der Waals surface area contributed by atoms with Crippen LogP contribution < -0.4 is 4.74 Å². The Morgan fingerprint density at radius 3 is 2.61 bits per heavy atom. The molecule has 0 saturated carbocycles. The van der Waals surface area contributed by atoms with Crippen molar-refractivity contribution in [2.45, 2.75) is 32.7 Å². The summed E-state index contributed by atoms with van der Waals surface area (Å²) in [7, 11) is 1.70. The van der Waals surface area contributed by atoms with Crippen molar-refractivity contribution in [1.82, 2.24) is 9.88 Å². The van der Waals surface area contributed by atoms with E-state index in [4.69, 9.17) is 14.5 Å². The predicted molar refractivity (Wildman–Crippen MR) is 118 cm³/mol. The molecule has 0 atom stereocenters. The maximum Gasteiger partial charge on any atom is 0.339 e. The molecular weight excluding hydrogens is 392 g/mol. The summed E-state index contributed by atoms with van der Waals surface area (Å²) in [5.74, 6) is 0.0862. The van der Waals surface area contributed by atoms with Crippen molar-refractivity contribution >= 4 is 22.8 Å². The monoisotopic (exact) mass is 418 g/mol. The first-order chi connectivity index (χ1) is 15.1. The van der Waals surface area contributed by atoms with Gasteiger partial charge in [-0.3, -0.25) is 9.78 Å². The average molecular weight is 418 g/mol. The quantitative estimate of drug-likeness (QED) is 0.544. The molecule has 6 heteroatoms. The number of para-hydroxylation sites is 1. The second kappa shape index (κ2) is 9.16. The highest BCUT2D eigenvalue weighted by atomic mass is 16.5. The van der Waals surface area contributed by atoms with Crippen LogP contribution in [-0.4, -0.2) is 42.0 Å². The Bertz CT molecular complexity index is 1110. The number of esters is 1. The maximum absolute atomic E-state index is 13.0. The van der Waals surface area contributed by atoms with Gasteiger partial charge in [0.25, 0.3) is 5.91 Å². The Morgan fingerprint density at radius 2 is 1.84 bits per heavy atom. The summed E-state index contributed by atoms with van der Waals surface area (Å²) in [4.78, 5) is 31.8. The number of amides is 1. The molecular formula is C25H26N2O4. The third kappa shape index (κ3) is 4.53. The van der Waals surface area contributed by atoms with Crippen molar-refractivity contribution in [2.75, 3.05) is 20.3 Å². The molecule has 6 nitrogen and oxygen atoms in total. The van der Waals surface area contributed by atoms with Crippen molar-refractivity contribution in [2.24, 2.45) is 0 Å². The van der Waals surface area contributed by atoms with Gasteiger partial charge in [0.05, 0.1) is 17.7 Å². The number of aromatic nitrogens is 1. The number of carbonyl (C=O) groups excluding carboxylic acids is 2. The highest BCUT2D eigenvalue weighted by Gasteiger charge is 2.25. The van der Waals surface area contributed by atoms with Gasteiger partial charge in [-0.05, 0) is 55.5 Å². The lowest BCUT2D eigenvalue weighted by Gasteiger charge is -2.18. The van der Waals surface area contributed by atoms with Gasteiger partial charge < -0.3 is 14.4 Å². The van der Waals surface area contributed by atoms with Crippen LogP contribution in [-0.2, 0) is 28.9 Å². The molecule has 1 amide bonds. The van der Waals surface area contributed by atoms with Gasteiger partial charge in [-0.25, -0.2) is 4.79 Å². The van der Waals surface area contributed by atoms with Crippen molar-refractivity contribution in [3.05, 3.63) is 70.9 Å². The van der Waals surface area contributed by atoms with E-state index in [0.717, 1.165) is 52.7 Å². The molecule has 160 valence electrons. The van der Waals surface area contributed by atoms with Crippen LogP contribution in [0.5, 0.6) is 5.75 Å². The van der Waals surface area contributed by atoms with Crippen molar-refractivity contribution < 1.29 is 19.1 Å². The number of rotatable bonds is 7. The predicted octanol–water partition coefficient (Wildman–Crippen LogP) is 3.94. The molecule has 0 bridgehead atoms. The molecule has 1 aromatic heterocycles. The molecule has 2 aromatic carbocycles. The van der Waals surface area contributed by atoms with Crippen LogP contribution in [0, 0.1) is 0 Å². The summed E-state index contributed by atoms with van der Waals surface area (Å²) >= 11 is 0. The normalized spacial score (nSPS) is 12.5. The van der Waals surface area contributed by atoms with Crippen LogP contribution >= 0.6 is 0 Å². The van der Waals surface area contributed by atoms with Crippen LogP contribution in [0.2, 0.25) is 0 Å². The van der Waals surface area contributed by atoms with E-state index < -0.39 is 5.97 Å². The van der Waals surface area contributed by atoms with Gasteiger partial charge in [-0.2, -0.15) is 0 Å². The third-order valence-corrected chi connectivity index (χ3v) is 5.53. The Kier molecular flexibility index (Phi) is 6.16. The summed E-state index contributed by atoms with van der Waals surface area (Å²) in [5, 5.41) is 0.781. The van der Waals surface area contributed by atoms with Crippen LogP contribution in [0.1, 0.15) is 40.5 Å². The number of nitrogens with zero attached hydrogens (tertiary/aromatic N) is 2. The fourth-order valence-corrected chi connectivity index (χ4v) is 3.97. The number of carbonyl (C=O) groups is 2. The van der Waals surface area contributed by atoms with Crippen LogP contribution in [0.25, 0.3) is 10.9 Å². The second-order valence-corrected chi connectivity index (χ2v) is 7.69. The van der Waals surface area contributed by atoms with E-state index in [1.165, 1.54) is 0 Å². The summed E-state index contributed by atoms with van der Waals surface area (Å²) in [5.41, 5.74) is 4.24. The van der Waals surface area contributed by atoms with Crippen LogP contribution in [0.3, 0.4) is 0 Å². The topological polar surface area (TPSA) is 68.7 Å². The van der Waals surface area contributed by atoms with Gasteiger partial charge in [-0.1, -0.05) is 30.3 Å². The molecule has 1 aliphatic rings. The number of likely N-dealkylation sites (N-methyl/N-ethyl adjacent to an activating group) is 1. The minimum absolute atomic E-state index is 0.253. The molecule has 0 N–H and O–H groups in total. The SMILES string of the molecule is CCOc1ccc(CN(C)C(=O)COC(=O)c2c3c(nc4ccccc24)CCC3)cc1. The van der Waals surface area contributed by atoms with Gasteiger partial charge in [0.2, 0.25) is 0 Å². The molecule has 0 spiro atoms. The Morgan fingerprint density at radius 1 is 1.06 bits per heavy atom. The van der Waals surface area contributed by atoms with E-state index >= 15 is 0 Å². The van der Waals surface area contributed by atoms with E-state index in [1.807, 2.05) is 55.5 Å². The zero-order valence-corrected chi connectivity index (χ0v) is 17.9. The van der Waals surface area contributed by atoms with Crippen LogP contribution in [0.4, 0.5) is 0 Å². The summed E-state index contributed by atoms with van der Waals surface area (Å²) in [6.07, 6.45) is 2.65. The van der Waals surface area contributed by atoms with Gasteiger partial charge in [-0.15, -0.1) is 0 Å². The Balaban J connectivity index is 1.42. The van der Waals surface area contributed by atoms with Crippen LogP contribution in [0.15, 0.2) is 48.5 Å². The summed E-state index contributed by atoms with van der Waals surface area (Å²) in [6.45, 7) is 2.68. The minimum Gasteiger partial charge on any atom is -0.494 e. The molecule has 0 aliphatic heterocycles. The lowest BCUT2D eigenvalue weighted by atomic mass is 10.0. The van der Waals surface area contributed by atoms with E-state index in [0.29, 0.717) is 18.7 Å². The number of benzene rings is 2. The summed E-state index contributed by atoms with van der Waals surface area (Å²) in [6, 6.07) is 15.2. The van der Waals surface area contributed by atoms with E-state index in [9.17, 15) is 9.59 Å². The number of hydrogen-bond donors (Lipinski definition) is 0. The largest absolute Gasteiger partial charge is 0.494 e. The fourth-order valence-electron chi connectivity index (χ4n) is 3.97. The molecule has 4 rings (SSSR count). The van der Waals surface area contributed by atoms with Crippen molar-refractivity contribution in [1.29, 1.82) is 0 Å². The molecule has 3 aromatic rings. The molecule has 0 unspecified atom stereocenters. The smallest absolute Gasteiger partial charge is 0.339 e. The number of aryl methyl sites for hydroxylation is 1. The molecule has 0 fully saturated rings. The zero-order valence-electron chi connectivity index (χ0n) is 17.9. The number of pyridine rings is 1. The van der Waals surface area contributed by atoms with Crippen molar-refractivity contribution in [3.63, 3.8) is 0 Å². The first-order valence-corrected chi connectivity index (χ1v) is 10.6. The van der Waals surface area contributed by atoms with Crippen molar-refractivity contribution in [3.8, 4) is 5.75 Å². The second-order valence-electron chi connectivity index (χ2n) is 7.69. The lowest BCUT2D eigenvalue weighted by molar-refractivity contribution is -0.133. The minimum atomic E-state index is -0.459. The first kappa shape index (κ1) is 20.8. The number of hydrogen-bond acceptors (Lipinski definition) is 5. The van der Waals surface area contributed by atoms with Gasteiger partial charge in [0.1, 0.15) is 5.75 Å². The fraction of sp³-hybridized carbons (Fsp3) is 0.320. The summed E-state index contributed by atoms with van der Waals surface area (Å²) < 4.78 is 10.9. The zero-order chi connectivity index (χ0) is 21.8. The Hall–Kier alpha value is -3.41. The lowest BCUT2D eigenvalue weighted by Crippen LogP contribution is -2.31. The molecule has 0 radical (unpaired) electrons. The van der Waals surface area contributed by atoms with E-state index in [-0.39, 0.29) is 12.5 Å². The highest BCUT2D eigenvalue weighted by molar-refractivity contribution is 6.05. The maximum atomic E-state index is 13.0. The molecule has 1 aliphatic carbocycles. The van der Waals surface area contributed by atoms with E-state index in [1.54, 1.807) is 11.9 Å². The van der Waals surface area contributed by atoms with Gasteiger partial charge >= 0.3 is 5.97 Å². The van der Waals surface area contributed by atoms with E-state index in [2.05, 4.69) is 0 Å². The highest BCUT2D eigenvalue weighted by Crippen LogP contribution is 2.30. The average Bonchev–Trinajstić information content (AvgIpc) is 3.25. The van der Waals surface area contributed by atoms with Gasteiger partial charge in [0, 0.05) is 24.7 Å². The Labute approximate surface area is 181 Å². The first-order valence-electron chi connectivity index (χ1n) is 10.6. The molecule has 31 heavy (non-hydrogen) atoms.